The highest BCUT2D eigenvalue weighted by Crippen LogP contribution is 2.25. The van der Waals surface area contributed by atoms with Crippen molar-refractivity contribution in [3.05, 3.63) is 71.8 Å². The van der Waals surface area contributed by atoms with Crippen molar-refractivity contribution >= 4 is 28.6 Å². The van der Waals surface area contributed by atoms with Gasteiger partial charge in [0.05, 0.1) is 22.3 Å². The summed E-state index contributed by atoms with van der Waals surface area (Å²) in [5.41, 5.74) is 3.30. The molecule has 0 radical (unpaired) electrons. The zero-order valence-electron chi connectivity index (χ0n) is 14.8. The van der Waals surface area contributed by atoms with E-state index in [1.54, 1.807) is 4.90 Å². The summed E-state index contributed by atoms with van der Waals surface area (Å²) in [7, 11) is 1.86. The van der Waals surface area contributed by atoms with E-state index in [-0.39, 0.29) is 11.9 Å². The SMILES string of the molecule is Cc1cc(SCC(=O)N(C)C(C)c2ccccc2)nc2ccccc12. The smallest absolute Gasteiger partial charge is 0.233 e. The van der Waals surface area contributed by atoms with Crippen molar-refractivity contribution in [1.29, 1.82) is 0 Å². The Morgan fingerprint density at radius 1 is 1.12 bits per heavy atom. The fraction of sp³-hybridized carbons (Fsp3) is 0.238. The van der Waals surface area contributed by atoms with Crippen molar-refractivity contribution in [2.75, 3.05) is 12.8 Å². The molecule has 0 fully saturated rings. The van der Waals surface area contributed by atoms with Crippen molar-refractivity contribution in [3.63, 3.8) is 0 Å². The first-order valence-electron chi connectivity index (χ1n) is 8.36. The lowest BCUT2D eigenvalue weighted by molar-refractivity contribution is -0.128. The van der Waals surface area contributed by atoms with Crippen LogP contribution in [0, 0.1) is 6.92 Å². The standard InChI is InChI=1S/C21H22N2OS/c1-15-13-20(22-19-12-8-7-11-18(15)19)25-14-21(24)23(3)16(2)17-9-5-4-6-10-17/h4-13,16H,14H2,1-3H3. The minimum atomic E-state index is 0.0561. The molecule has 3 rings (SSSR count). The van der Waals surface area contributed by atoms with E-state index in [1.807, 2.05) is 43.4 Å². The van der Waals surface area contributed by atoms with Gasteiger partial charge in [0.15, 0.2) is 0 Å². The molecule has 4 heteroatoms. The van der Waals surface area contributed by atoms with E-state index < -0.39 is 0 Å². The van der Waals surface area contributed by atoms with E-state index >= 15 is 0 Å². The normalized spacial score (nSPS) is 12.1. The predicted molar refractivity (Wildman–Crippen MR) is 105 cm³/mol. The van der Waals surface area contributed by atoms with E-state index in [0.717, 1.165) is 21.5 Å². The third-order valence-corrected chi connectivity index (χ3v) is 5.40. The van der Waals surface area contributed by atoms with Crippen LogP contribution in [-0.2, 0) is 4.79 Å². The van der Waals surface area contributed by atoms with E-state index in [9.17, 15) is 4.79 Å². The number of carbonyl (C=O) groups excluding carboxylic acids is 1. The van der Waals surface area contributed by atoms with Crippen LogP contribution in [0.1, 0.15) is 24.1 Å². The molecule has 0 N–H and O–H groups in total. The second-order valence-electron chi connectivity index (χ2n) is 6.17. The summed E-state index contributed by atoms with van der Waals surface area (Å²) in [5, 5.41) is 2.05. The molecule has 0 spiro atoms. The highest BCUT2D eigenvalue weighted by molar-refractivity contribution is 7.99. The topological polar surface area (TPSA) is 33.2 Å². The third-order valence-electron chi connectivity index (χ3n) is 4.50. The van der Waals surface area contributed by atoms with Gasteiger partial charge in [-0.05, 0) is 37.1 Å². The number of amides is 1. The minimum absolute atomic E-state index is 0.0561. The van der Waals surface area contributed by atoms with Gasteiger partial charge in [-0.1, -0.05) is 60.3 Å². The largest absolute Gasteiger partial charge is 0.338 e. The van der Waals surface area contributed by atoms with Gasteiger partial charge in [0.1, 0.15) is 0 Å². The van der Waals surface area contributed by atoms with Crippen LogP contribution in [0.15, 0.2) is 65.7 Å². The summed E-state index contributed by atoms with van der Waals surface area (Å²) in [4.78, 5) is 19.0. The molecule has 1 amide bonds. The number of pyridine rings is 1. The average molecular weight is 350 g/mol. The number of nitrogens with zero attached hydrogens (tertiary/aromatic N) is 2. The molecular formula is C21H22N2OS. The van der Waals surface area contributed by atoms with Crippen molar-refractivity contribution < 1.29 is 4.79 Å². The Balaban J connectivity index is 1.68. The molecule has 0 aliphatic carbocycles. The Labute approximate surface area is 153 Å². The maximum Gasteiger partial charge on any atom is 0.233 e. The van der Waals surface area contributed by atoms with E-state index in [4.69, 9.17) is 0 Å². The molecule has 0 saturated heterocycles. The van der Waals surface area contributed by atoms with Gasteiger partial charge in [-0.3, -0.25) is 4.79 Å². The maximum atomic E-state index is 12.6. The molecule has 1 aromatic heterocycles. The highest BCUT2D eigenvalue weighted by Gasteiger charge is 2.17. The van der Waals surface area contributed by atoms with Crippen LogP contribution in [0.25, 0.3) is 10.9 Å². The Hall–Kier alpha value is -2.33. The monoisotopic (exact) mass is 350 g/mol. The number of thioether (sulfide) groups is 1. The summed E-state index contributed by atoms with van der Waals surface area (Å²) in [5.74, 6) is 0.493. The number of hydrogen-bond donors (Lipinski definition) is 0. The summed E-state index contributed by atoms with van der Waals surface area (Å²) < 4.78 is 0. The lowest BCUT2D eigenvalue weighted by atomic mass is 10.1. The Bertz CT molecular complexity index is 879. The lowest BCUT2D eigenvalue weighted by Crippen LogP contribution is -2.31. The van der Waals surface area contributed by atoms with Gasteiger partial charge in [-0.15, -0.1) is 0 Å². The van der Waals surface area contributed by atoms with Gasteiger partial charge in [0.25, 0.3) is 0 Å². The molecule has 1 unspecified atom stereocenters. The second kappa shape index (κ2) is 7.70. The highest BCUT2D eigenvalue weighted by atomic mass is 32.2. The Morgan fingerprint density at radius 2 is 1.80 bits per heavy atom. The van der Waals surface area contributed by atoms with Crippen LogP contribution >= 0.6 is 11.8 Å². The molecule has 128 valence electrons. The molecule has 3 aromatic rings. The van der Waals surface area contributed by atoms with Gasteiger partial charge in [-0.2, -0.15) is 0 Å². The van der Waals surface area contributed by atoms with E-state index in [2.05, 4.69) is 43.1 Å². The third kappa shape index (κ3) is 4.02. The van der Waals surface area contributed by atoms with Crippen LogP contribution in [0.2, 0.25) is 0 Å². The summed E-state index contributed by atoms with van der Waals surface area (Å²) >= 11 is 1.50. The van der Waals surface area contributed by atoms with E-state index in [0.29, 0.717) is 5.75 Å². The van der Waals surface area contributed by atoms with Gasteiger partial charge >= 0.3 is 0 Å². The molecule has 25 heavy (non-hydrogen) atoms. The van der Waals surface area contributed by atoms with Crippen LogP contribution in [0.5, 0.6) is 0 Å². The number of fused-ring (bicyclic) bond motifs is 1. The number of hydrogen-bond acceptors (Lipinski definition) is 3. The van der Waals surface area contributed by atoms with Gasteiger partial charge in [0, 0.05) is 12.4 Å². The quantitative estimate of drug-likeness (QED) is 0.616. The summed E-state index contributed by atoms with van der Waals surface area (Å²) in [6.45, 7) is 4.13. The van der Waals surface area contributed by atoms with Crippen LogP contribution in [0.4, 0.5) is 0 Å². The molecule has 0 aliphatic heterocycles. The first kappa shape index (κ1) is 17.5. The van der Waals surface area contributed by atoms with Crippen molar-refractivity contribution in [2.45, 2.75) is 24.9 Å². The van der Waals surface area contributed by atoms with Crippen LogP contribution in [0.3, 0.4) is 0 Å². The molecule has 3 nitrogen and oxygen atoms in total. The number of aromatic nitrogens is 1. The molecule has 1 atom stereocenters. The molecular weight excluding hydrogens is 328 g/mol. The fourth-order valence-electron chi connectivity index (χ4n) is 2.80. The maximum absolute atomic E-state index is 12.6. The van der Waals surface area contributed by atoms with Crippen LogP contribution < -0.4 is 0 Å². The van der Waals surface area contributed by atoms with E-state index in [1.165, 1.54) is 17.3 Å². The number of para-hydroxylation sites is 1. The van der Waals surface area contributed by atoms with Gasteiger partial charge in [0.2, 0.25) is 5.91 Å². The summed E-state index contributed by atoms with van der Waals surface area (Å²) in [6, 6.07) is 20.3. The number of carbonyl (C=O) groups is 1. The molecule has 1 heterocycles. The number of rotatable bonds is 5. The Morgan fingerprint density at radius 3 is 2.56 bits per heavy atom. The summed E-state index contributed by atoms with van der Waals surface area (Å²) in [6.07, 6.45) is 0. The first-order valence-corrected chi connectivity index (χ1v) is 9.34. The van der Waals surface area contributed by atoms with Gasteiger partial charge in [-0.25, -0.2) is 4.98 Å². The van der Waals surface area contributed by atoms with Crippen molar-refractivity contribution in [3.8, 4) is 0 Å². The first-order chi connectivity index (χ1) is 12.1. The average Bonchev–Trinajstić information content (AvgIpc) is 2.65. The molecule has 0 saturated carbocycles. The van der Waals surface area contributed by atoms with Crippen molar-refractivity contribution in [1.82, 2.24) is 9.88 Å². The lowest BCUT2D eigenvalue weighted by Gasteiger charge is -2.25. The van der Waals surface area contributed by atoms with Crippen molar-refractivity contribution in [2.24, 2.45) is 0 Å². The van der Waals surface area contributed by atoms with Gasteiger partial charge < -0.3 is 4.90 Å². The Kier molecular flexibility index (Phi) is 5.39. The van der Waals surface area contributed by atoms with Crippen LogP contribution in [-0.4, -0.2) is 28.6 Å². The molecule has 0 bridgehead atoms. The molecule has 2 aromatic carbocycles. The zero-order valence-corrected chi connectivity index (χ0v) is 15.6. The molecule has 0 aliphatic rings. The number of benzene rings is 2. The fourth-order valence-corrected chi connectivity index (χ4v) is 3.70. The predicted octanol–water partition coefficient (Wildman–Crippen LogP) is 4.85. The minimum Gasteiger partial charge on any atom is -0.338 e. The second-order valence-corrected chi connectivity index (χ2v) is 7.17. The number of aryl methyl sites for hydroxylation is 1. The zero-order chi connectivity index (χ0) is 17.8.